The predicted octanol–water partition coefficient (Wildman–Crippen LogP) is 2.71. The third kappa shape index (κ3) is 4.68. The maximum Gasteiger partial charge on any atom is 0.191 e. The van der Waals surface area contributed by atoms with Crippen LogP contribution in [0, 0.1) is 12.3 Å². The van der Waals surface area contributed by atoms with Gasteiger partial charge in [-0.05, 0) is 31.6 Å². The molecule has 2 rings (SSSR count). The largest absolute Gasteiger partial charge is 0.385 e. The number of rotatable bonds is 7. The second kappa shape index (κ2) is 8.48. The van der Waals surface area contributed by atoms with Crippen molar-refractivity contribution in [1.29, 1.82) is 0 Å². The zero-order chi connectivity index (χ0) is 15.8. The molecule has 0 radical (unpaired) electrons. The summed E-state index contributed by atoms with van der Waals surface area (Å²) in [5.74, 6) is 0.872. The molecule has 0 aromatic carbocycles. The molecular formula is C16H28N4OS. The van der Waals surface area contributed by atoms with E-state index in [1.807, 2.05) is 19.5 Å². The molecule has 0 bridgehead atoms. The lowest BCUT2D eigenvalue weighted by Crippen LogP contribution is -2.43. The predicted molar refractivity (Wildman–Crippen MR) is 92.4 cm³/mol. The SMILES string of the molecule is CN=C(NCc1scnc1C)NCC1(CCOC)CCCC1. The van der Waals surface area contributed by atoms with Crippen LogP contribution in [-0.2, 0) is 11.3 Å². The normalized spacial score (nSPS) is 17.7. The first-order valence-corrected chi connectivity index (χ1v) is 8.89. The number of aryl methyl sites for hydroxylation is 1. The van der Waals surface area contributed by atoms with Crippen LogP contribution in [-0.4, -0.2) is 38.3 Å². The van der Waals surface area contributed by atoms with E-state index in [-0.39, 0.29) is 0 Å². The molecular weight excluding hydrogens is 296 g/mol. The Hall–Kier alpha value is -1.14. The summed E-state index contributed by atoms with van der Waals surface area (Å²) in [6, 6.07) is 0. The molecule has 22 heavy (non-hydrogen) atoms. The molecule has 1 saturated carbocycles. The Labute approximate surface area is 137 Å². The molecule has 1 aromatic heterocycles. The summed E-state index contributed by atoms with van der Waals surface area (Å²) < 4.78 is 5.29. The molecule has 1 heterocycles. The molecule has 1 aliphatic carbocycles. The summed E-state index contributed by atoms with van der Waals surface area (Å²) in [5.41, 5.74) is 3.36. The number of ether oxygens (including phenoxy) is 1. The van der Waals surface area contributed by atoms with Crippen LogP contribution in [0.25, 0.3) is 0 Å². The first-order valence-electron chi connectivity index (χ1n) is 8.01. The van der Waals surface area contributed by atoms with Crippen molar-refractivity contribution in [3.8, 4) is 0 Å². The van der Waals surface area contributed by atoms with Gasteiger partial charge in [-0.25, -0.2) is 4.98 Å². The average Bonchev–Trinajstić information content (AvgIpc) is 3.15. The van der Waals surface area contributed by atoms with Crippen LogP contribution in [0.4, 0.5) is 0 Å². The fraction of sp³-hybridized carbons (Fsp3) is 0.750. The van der Waals surface area contributed by atoms with Gasteiger partial charge in [-0.15, -0.1) is 11.3 Å². The summed E-state index contributed by atoms with van der Waals surface area (Å²) in [7, 11) is 3.61. The molecule has 0 amide bonds. The van der Waals surface area contributed by atoms with Gasteiger partial charge in [0, 0.05) is 32.2 Å². The Morgan fingerprint density at radius 1 is 1.41 bits per heavy atom. The summed E-state index contributed by atoms with van der Waals surface area (Å²) in [6.45, 7) is 4.63. The van der Waals surface area contributed by atoms with Crippen molar-refractivity contribution in [2.75, 3.05) is 27.3 Å². The molecule has 124 valence electrons. The summed E-state index contributed by atoms with van der Waals surface area (Å²) in [4.78, 5) is 9.88. The van der Waals surface area contributed by atoms with Crippen molar-refractivity contribution in [2.45, 2.75) is 45.6 Å². The second-order valence-electron chi connectivity index (χ2n) is 6.09. The van der Waals surface area contributed by atoms with Crippen LogP contribution in [0.2, 0.25) is 0 Å². The molecule has 1 aromatic rings. The van der Waals surface area contributed by atoms with E-state index in [9.17, 15) is 0 Å². The van der Waals surface area contributed by atoms with Gasteiger partial charge in [0.25, 0.3) is 0 Å². The molecule has 0 saturated heterocycles. The number of aliphatic imine (C=N–C) groups is 1. The minimum absolute atomic E-state index is 0.369. The van der Waals surface area contributed by atoms with Crippen LogP contribution < -0.4 is 10.6 Å². The summed E-state index contributed by atoms with van der Waals surface area (Å²) in [5, 5.41) is 6.90. The topological polar surface area (TPSA) is 58.5 Å². The standard InChI is InChI=1S/C16H28N4OS/c1-13-14(22-12-20-13)10-18-15(17-2)19-11-16(8-9-21-3)6-4-5-7-16/h12H,4-11H2,1-3H3,(H2,17,18,19). The Kier molecular flexibility index (Phi) is 6.64. The highest BCUT2D eigenvalue weighted by molar-refractivity contribution is 7.09. The number of aromatic nitrogens is 1. The minimum Gasteiger partial charge on any atom is -0.385 e. The van der Waals surface area contributed by atoms with Crippen molar-refractivity contribution in [1.82, 2.24) is 15.6 Å². The van der Waals surface area contributed by atoms with E-state index >= 15 is 0 Å². The van der Waals surface area contributed by atoms with Crippen molar-refractivity contribution in [3.63, 3.8) is 0 Å². The smallest absolute Gasteiger partial charge is 0.191 e. The highest BCUT2D eigenvalue weighted by Crippen LogP contribution is 2.40. The van der Waals surface area contributed by atoms with E-state index in [2.05, 4.69) is 20.6 Å². The third-order valence-electron chi connectivity index (χ3n) is 4.62. The quantitative estimate of drug-likeness (QED) is 0.598. The van der Waals surface area contributed by atoms with Gasteiger partial charge < -0.3 is 15.4 Å². The number of methoxy groups -OCH3 is 1. The van der Waals surface area contributed by atoms with Crippen LogP contribution in [0.5, 0.6) is 0 Å². The molecule has 1 aliphatic rings. The summed E-state index contributed by atoms with van der Waals surface area (Å²) >= 11 is 1.68. The van der Waals surface area contributed by atoms with Crippen molar-refractivity contribution >= 4 is 17.3 Å². The van der Waals surface area contributed by atoms with E-state index in [4.69, 9.17) is 4.74 Å². The molecule has 0 spiro atoms. The first kappa shape index (κ1) is 17.2. The molecule has 1 fully saturated rings. The van der Waals surface area contributed by atoms with Crippen molar-refractivity contribution in [2.24, 2.45) is 10.4 Å². The fourth-order valence-electron chi connectivity index (χ4n) is 3.11. The molecule has 5 nitrogen and oxygen atoms in total. The molecule has 0 unspecified atom stereocenters. The number of thiazole rings is 1. The Morgan fingerprint density at radius 2 is 2.18 bits per heavy atom. The summed E-state index contributed by atoms with van der Waals surface area (Å²) in [6.07, 6.45) is 6.36. The highest BCUT2D eigenvalue weighted by atomic mass is 32.1. The van der Waals surface area contributed by atoms with Gasteiger partial charge in [-0.3, -0.25) is 4.99 Å². The van der Waals surface area contributed by atoms with Crippen molar-refractivity contribution in [3.05, 3.63) is 16.1 Å². The van der Waals surface area contributed by atoms with E-state index < -0.39 is 0 Å². The van der Waals surface area contributed by atoms with Crippen molar-refractivity contribution < 1.29 is 4.74 Å². The maximum atomic E-state index is 5.29. The Balaban J connectivity index is 1.83. The van der Waals surface area contributed by atoms with Gasteiger partial charge in [-0.2, -0.15) is 0 Å². The number of hydrogen-bond donors (Lipinski definition) is 2. The number of nitrogens with one attached hydrogen (secondary N) is 2. The number of hydrogen-bond acceptors (Lipinski definition) is 4. The lowest BCUT2D eigenvalue weighted by Gasteiger charge is -2.29. The molecule has 0 atom stereocenters. The Morgan fingerprint density at radius 3 is 2.77 bits per heavy atom. The maximum absolute atomic E-state index is 5.29. The van der Waals surface area contributed by atoms with Gasteiger partial charge in [0.15, 0.2) is 5.96 Å². The third-order valence-corrected chi connectivity index (χ3v) is 5.55. The van der Waals surface area contributed by atoms with Gasteiger partial charge in [0.05, 0.1) is 17.7 Å². The van der Waals surface area contributed by atoms with Crippen LogP contribution >= 0.6 is 11.3 Å². The second-order valence-corrected chi connectivity index (χ2v) is 7.03. The molecule has 0 aliphatic heterocycles. The number of nitrogens with zero attached hydrogens (tertiary/aromatic N) is 2. The van der Waals surface area contributed by atoms with E-state index in [0.29, 0.717) is 5.41 Å². The van der Waals surface area contributed by atoms with Crippen LogP contribution in [0.3, 0.4) is 0 Å². The van der Waals surface area contributed by atoms with Gasteiger partial charge in [-0.1, -0.05) is 12.8 Å². The molecule has 6 heteroatoms. The van der Waals surface area contributed by atoms with Gasteiger partial charge >= 0.3 is 0 Å². The van der Waals surface area contributed by atoms with Gasteiger partial charge in [0.2, 0.25) is 0 Å². The zero-order valence-electron chi connectivity index (χ0n) is 13.9. The average molecular weight is 324 g/mol. The molecule has 2 N–H and O–H groups in total. The van der Waals surface area contributed by atoms with Crippen LogP contribution in [0.1, 0.15) is 42.7 Å². The zero-order valence-corrected chi connectivity index (χ0v) is 14.8. The highest BCUT2D eigenvalue weighted by Gasteiger charge is 2.33. The van der Waals surface area contributed by atoms with Gasteiger partial charge in [0.1, 0.15) is 0 Å². The minimum atomic E-state index is 0.369. The Bertz CT molecular complexity index is 480. The van der Waals surface area contributed by atoms with E-state index in [1.54, 1.807) is 18.4 Å². The van der Waals surface area contributed by atoms with E-state index in [1.165, 1.54) is 30.6 Å². The van der Waals surface area contributed by atoms with E-state index in [0.717, 1.165) is 37.8 Å². The number of guanidine groups is 1. The lowest BCUT2D eigenvalue weighted by molar-refractivity contribution is 0.138. The monoisotopic (exact) mass is 324 g/mol. The fourth-order valence-corrected chi connectivity index (χ4v) is 3.83. The van der Waals surface area contributed by atoms with Crippen LogP contribution in [0.15, 0.2) is 10.5 Å². The lowest BCUT2D eigenvalue weighted by atomic mass is 9.83. The first-order chi connectivity index (χ1) is 10.7.